The SMILES string of the molecule is C=C(CN[C@@H](C)c1ccc(C)cc1)C(=O)O. The van der Waals surface area contributed by atoms with Crippen molar-refractivity contribution in [2.24, 2.45) is 0 Å². The molecule has 3 nitrogen and oxygen atoms in total. The predicted molar refractivity (Wildman–Crippen MR) is 64.4 cm³/mol. The zero-order valence-electron chi connectivity index (χ0n) is 9.66. The lowest BCUT2D eigenvalue weighted by Crippen LogP contribution is -2.23. The third kappa shape index (κ3) is 3.51. The lowest BCUT2D eigenvalue weighted by Gasteiger charge is -2.14. The molecule has 0 aliphatic heterocycles. The number of hydrogen-bond acceptors (Lipinski definition) is 2. The Bertz CT molecular complexity index is 381. The third-order valence-electron chi connectivity index (χ3n) is 2.50. The van der Waals surface area contributed by atoms with Crippen molar-refractivity contribution in [2.75, 3.05) is 6.54 Å². The second-order valence-corrected chi connectivity index (χ2v) is 3.92. The van der Waals surface area contributed by atoms with Gasteiger partial charge in [0, 0.05) is 18.2 Å². The molecule has 0 spiro atoms. The lowest BCUT2D eigenvalue weighted by molar-refractivity contribution is -0.132. The standard InChI is InChI=1S/C13H17NO2/c1-9-4-6-12(7-5-9)11(3)14-8-10(2)13(15)16/h4-7,11,14H,2,8H2,1,3H3,(H,15,16)/t11-/m0/s1. The summed E-state index contributed by atoms with van der Waals surface area (Å²) in [5.74, 6) is -0.955. The Kier molecular flexibility index (Phi) is 4.26. The fourth-order valence-corrected chi connectivity index (χ4v) is 1.32. The van der Waals surface area contributed by atoms with Crippen molar-refractivity contribution in [1.82, 2.24) is 5.32 Å². The number of carboxylic acid groups (broad SMARTS) is 1. The summed E-state index contributed by atoms with van der Waals surface area (Å²) in [6.07, 6.45) is 0. The molecule has 0 aliphatic carbocycles. The Hall–Kier alpha value is -1.61. The monoisotopic (exact) mass is 219 g/mol. The minimum atomic E-state index is -0.955. The molecule has 0 amide bonds. The van der Waals surface area contributed by atoms with E-state index in [1.165, 1.54) is 5.56 Å². The quantitative estimate of drug-likeness (QED) is 0.747. The zero-order chi connectivity index (χ0) is 12.1. The molecule has 0 saturated carbocycles. The van der Waals surface area contributed by atoms with E-state index in [0.29, 0.717) is 6.54 Å². The van der Waals surface area contributed by atoms with Crippen LogP contribution >= 0.6 is 0 Å². The summed E-state index contributed by atoms with van der Waals surface area (Å²) in [7, 11) is 0. The number of benzene rings is 1. The number of carboxylic acids is 1. The summed E-state index contributed by atoms with van der Waals surface area (Å²) in [6, 6.07) is 8.28. The van der Waals surface area contributed by atoms with Crippen molar-refractivity contribution >= 4 is 5.97 Å². The minimum Gasteiger partial charge on any atom is -0.478 e. The van der Waals surface area contributed by atoms with Gasteiger partial charge in [-0.1, -0.05) is 36.4 Å². The number of carbonyl (C=O) groups is 1. The summed E-state index contributed by atoms with van der Waals surface area (Å²) in [6.45, 7) is 7.80. The maximum Gasteiger partial charge on any atom is 0.332 e. The van der Waals surface area contributed by atoms with Crippen LogP contribution in [0, 0.1) is 6.92 Å². The number of aliphatic carboxylic acids is 1. The summed E-state index contributed by atoms with van der Waals surface area (Å²) in [5, 5.41) is 11.8. The fraction of sp³-hybridized carbons (Fsp3) is 0.308. The summed E-state index contributed by atoms with van der Waals surface area (Å²) < 4.78 is 0. The highest BCUT2D eigenvalue weighted by molar-refractivity contribution is 5.86. The van der Waals surface area contributed by atoms with E-state index < -0.39 is 5.97 Å². The maximum absolute atomic E-state index is 10.6. The topological polar surface area (TPSA) is 49.3 Å². The largest absolute Gasteiger partial charge is 0.478 e. The van der Waals surface area contributed by atoms with Gasteiger partial charge in [-0.3, -0.25) is 0 Å². The summed E-state index contributed by atoms with van der Waals surface area (Å²) in [5.41, 5.74) is 2.54. The molecule has 0 fully saturated rings. The first kappa shape index (κ1) is 12.5. The molecule has 86 valence electrons. The van der Waals surface area contributed by atoms with Crippen LogP contribution in [0.3, 0.4) is 0 Å². The molecular weight excluding hydrogens is 202 g/mol. The van der Waals surface area contributed by atoms with E-state index in [9.17, 15) is 4.79 Å². The Morgan fingerprint density at radius 2 is 2.00 bits per heavy atom. The van der Waals surface area contributed by atoms with Crippen LogP contribution in [0.4, 0.5) is 0 Å². The molecule has 0 unspecified atom stereocenters. The van der Waals surface area contributed by atoms with Crippen LogP contribution in [0.25, 0.3) is 0 Å². The second-order valence-electron chi connectivity index (χ2n) is 3.92. The average Bonchev–Trinajstić information content (AvgIpc) is 2.26. The Morgan fingerprint density at radius 1 is 1.44 bits per heavy atom. The highest BCUT2D eigenvalue weighted by Gasteiger charge is 2.07. The lowest BCUT2D eigenvalue weighted by atomic mass is 10.1. The molecule has 2 N–H and O–H groups in total. The van der Waals surface area contributed by atoms with E-state index in [-0.39, 0.29) is 11.6 Å². The highest BCUT2D eigenvalue weighted by Crippen LogP contribution is 2.12. The van der Waals surface area contributed by atoms with E-state index in [4.69, 9.17) is 5.11 Å². The average molecular weight is 219 g/mol. The number of rotatable bonds is 5. The van der Waals surface area contributed by atoms with Crippen LogP contribution in [0.1, 0.15) is 24.1 Å². The Labute approximate surface area is 95.8 Å². The first-order valence-electron chi connectivity index (χ1n) is 5.21. The van der Waals surface area contributed by atoms with Gasteiger partial charge < -0.3 is 10.4 Å². The predicted octanol–water partition coefficient (Wildman–Crippen LogP) is 2.29. The molecule has 0 heterocycles. The second kappa shape index (κ2) is 5.47. The molecule has 0 saturated heterocycles. The molecule has 1 aromatic carbocycles. The van der Waals surface area contributed by atoms with Crippen LogP contribution in [0.5, 0.6) is 0 Å². The molecule has 1 rings (SSSR count). The van der Waals surface area contributed by atoms with Gasteiger partial charge in [0.1, 0.15) is 0 Å². The number of aryl methyl sites for hydroxylation is 1. The van der Waals surface area contributed by atoms with Crippen LogP contribution in [0.2, 0.25) is 0 Å². The Balaban J connectivity index is 2.52. The third-order valence-corrected chi connectivity index (χ3v) is 2.50. The molecule has 3 heteroatoms. The van der Waals surface area contributed by atoms with E-state index in [0.717, 1.165) is 5.56 Å². The van der Waals surface area contributed by atoms with Crippen molar-refractivity contribution in [2.45, 2.75) is 19.9 Å². The van der Waals surface area contributed by atoms with Gasteiger partial charge in [0.25, 0.3) is 0 Å². The smallest absolute Gasteiger partial charge is 0.332 e. The van der Waals surface area contributed by atoms with E-state index in [2.05, 4.69) is 11.9 Å². The fourth-order valence-electron chi connectivity index (χ4n) is 1.32. The van der Waals surface area contributed by atoms with Gasteiger partial charge in [0.2, 0.25) is 0 Å². The summed E-state index contributed by atoms with van der Waals surface area (Å²) >= 11 is 0. The first-order valence-corrected chi connectivity index (χ1v) is 5.21. The molecule has 1 atom stereocenters. The van der Waals surface area contributed by atoms with E-state index >= 15 is 0 Å². The van der Waals surface area contributed by atoms with Crippen LogP contribution < -0.4 is 5.32 Å². The van der Waals surface area contributed by atoms with Gasteiger partial charge in [-0.15, -0.1) is 0 Å². The first-order chi connectivity index (χ1) is 7.50. The van der Waals surface area contributed by atoms with Crippen LogP contribution in [0.15, 0.2) is 36.4 Å². The Morgan fingerprint density at radius 3 is 2.50 bits per heavy atom. The number of hydrogen-bond donors (Lipinski definition) is 2. The molecule has 0 radical (unpaired) electrons. The van der Waals surface area contributed by atoms with Gasteiger partial charge in [0.15, 0.2) is 0 Å². The van der Waals surface area contributed by atoms with E-state index in [1.54, 1.807) is 0 Å². The number of nitrogens with one attached hydrogen (secondary N) is 1. The molecule has 0 bridgehead atoms. The van der Waals surface area contributed by atoms with Gasteiger partial charge >= 0.3 is 5.97 Å². The van der Waals surface area contributed by atoms with Crippen LogP contribution in [-0.2, 0) is 4.79 Å². The van der Waals surface area contributed by atoms with Gasteiger partial charge in [-0.25, -0.2) is 4.79 Å². The van der Waals surface area contributed by atoms with Crippen molar-refractivity contribution in [1.29, 1.82) is 0 Å². The van der Waals surface area contributed by atoms with Gasteiger partial charge in [0.05, 0.1) is 0 Å². The van der Waals surface area contributed by atoms with Crippen LogP contribution in [-0.4, -0.2) is 17.6 Å². The molecule has 1 aromatic rings. The molecular formula is C13H17NO2. The van der Waals surface area contributed by atoms with Crippen molar-refractivity contribution in [3.05, 3.63) is 47.5 Å². The van der Waals surface area contributed by atoms with Crippen molar-refractivity contribution in [3.63, 3.8) is 0 Å². The highest BCUT2D eigenvalue weighted by atomic mass is 16.4. The van der Waals surface area contributed by atoms with E-state index in [1.807, 2.05) is 38.1 Å². The molecule has 0 aliphatic rings. The normalized spacial score (nSPS) is 12.1. The molecule has 0 aromatic heterocycles. The van der Waals surface area contributed by atoms with Crippen molar-refractivity contribution in [3.8, 4) is 0 Å². The van der Waals surface area contributed by atoms with Gasteiger partial charge in [-0.2, -0.15) is 0 Å². The molecule has 16 heavy (non-hydrogen) atoms. The van der Waals surface area contributed by atoms with Crippen molar-refractivity contribution < 1.29 is 9.90 Å². The zero-order valence-corrected chi connectivity index (χ0v) is 9.66. The van der Waals surface area contributed by atoms with Gasteiger partial charge in [-0.05, 0) is 19.4 Å². The maximum atomic E-state index is 10.6. The summed E-state index contributed by atoms with van der Waals surface area (Å²) in [4.78, 5) is 10.6. The minimum absolute atomic E-state index is 0.122.